The summed E-state index contributed by atoms with van der Waals surface area (Å²) in [5, 5.41) is 4.10. The molecule has 1 heterocycles. The number of rotatable bonds is 6. The van der Waals surface area contributed by atoms with E-state index in [4.69, 9.17) is 5.73 Å². The van der Waals surface area contributed by atoms with Crippen molar-refractivity contribution >= 4 is 11.5 Å². The van der Waals surface area contributed by atoms with Crippen molar-refractivity contribution < 1.29 is 4.79 Å². The molecule has 106 valence electrons. The number of benzene rings is 1. The molecule has 1 aromatic carbocycles. The number of carbonyl (C=O) groups is 1. The van der Waals surface area contributed by atoms with Gasteiger partial charge >= 0.3 is 0 Å². The number of aryl methyl sites for hydroxylation is 2. The van der Waals surface area contributed by atoms with Crippen LogP contribution in [0.2, 0.25) is 0 Å². The molecule has 0 aliphatic heterocycles. The Labute approximate surface area is 119 Å². The van der Waals surface area contributed by atoms with Crippen molar-refractivity contribution in [2.24, 2.45) is 7.05 Å². The maximum Gasteiger partial charge on any atom is 0.133 e. The van der Waals surface area contributed by atoms with Crippen LogP contribution in [-0.4, -0.2) is 15.6 Å². The smallest absolute Gasteiger partial charge is 0.133 e. The summed E-state index contributed by atoms with van der Waals surface area (Å²) in [6.45, 7) is 2.08. The second-order valence-electron chi connectivity index (χ2n) is 5.26. The number of nitrogens with two attached hydrogens (primary N) is 1. The predicted octanol–water partition coefficient (Wildman–Crippen LogP) is 2.70. The zero-order valence-electron chi connectivity index (χ0n) is 12.0. The Morgan fingerprint density at radius 3 is 2.60 bits per heavy atom. The standard InChI is InChI=1S/C16H21N3O/c1-12(13-3-5-14(17)6-4-13)11-16(20)8-7-15-9-10-18-19(15)2/h3-6,9-10,12H,7-8,11,17H2,1-2H3. The monoisotopic (exact) mass is 271 g/mol. The van der Waals surface area contributed by atoms with Crippen LogP contribution < -0.4 is 5.73 Å². The van der Waals surface area contributed by atoms with Crippen LogP contribution in [0.15, 0.2) is 36.5 Å². The Hall–Kier alpha value is -2.10. The molecule has 1 atom stereocenters. The fourth-order valence-electron chi connectivity index (χ4n) is 2.30. The fourth-order valence-corrected chi connectivity index (χ4v) is 2.30. The average Bonchev–Trinajstić information content (AvgIpc) is 2.82. The molecule has 4 heteroatoms. The van der Waals surface area contributed by atoms with E-state index in [9.17, 15) is 4.79 Å². The minimum Gasteiger partial charge on any atom is -0.399 e. The number of aromatic nitrogens is 2. The molecule has 20 heavy (non-hydrogen) atoms. The van der Waals surface area contributed by atoms with Crippen LogP contribution >= 0.6 is 0 Å². The van der Waals surface area contributed by atoms with E-state index in [-0.39, 0.29) is 11.7 Å². The van der Waals surface area contributed by atoms with Crippen molar-refractivity contribution in [2.75, 3.05) is 5.73 Å². The van der Waals surface area contributed by atoms with E-state index >= 15 is 0 Å². The highest BCUT2D eigenvalue weighted by Crippen LogP contribution is 2.21. The van der Waals surface area contributed by atoms with Gasteiger partial charge in [-0.2, -0.15) is 5.10 Å². The minimum atomic E-state index is 0.231. The zero-order valence-corrected chi connectivity index (χ0v) is 12.0. The molecule has 0 radical (unpaired) electrons. The Morgan fingerprint density at radius 2 is 2.00 bits per heavy atom. The molecule has 2 N–H and O–H groups in total. The van der Waals surface area contributed by atoms with Gasteiger partial charge in [-0.1, -0.05) is 19.1 Å². The SMILES string of the molecule is CC(CC(=O)CCc1ccnn1C)c1ccc(N)cc1. The quantitative estimate of drug-likeness (QED) is 0.822. The summed E-state index contributed by atoms with van der Waals surface area (Å²) in [7, 11) is 1.90. The highest BCUT2D eigenvalue weighted by molar-refractivity contribution is 5.79. The van der Waals surface area contributed by atoms with Gasteiger partial charge in [0.1, 0.15) is 5.78 Å². The van der Waals surface area contributed by atoms with Crippen LogP contribution in [0.3, 0.4) is 0 Å². The summed E-state index contributed by atoms with van der Waals surface area (Å²) in [4.78, 5) is 12.0. The predicted molar refractivity (Wildman–Crippen MR) is 80.4 cm³/mol. The lowest BCUT2D eigenvalue weighted by Gasteiger charge is -2.11. The van der Waals surface area contributed by atoms with Crippen LogP contribution in [0.25, 0.3) is 0 Å². The first-order chi connectivity index (χ1) is 9.56. The van der Waals surface area contributed by atoms with Crippen LogP contribution in [0.1, 0.15) is 36.9 Å². The molecule has 0 aliphatic carbocycles. The van der Waals surface area contributed by atoms with Gasteiger partial charge in [-0.25, -0.2) is 0 Å². The highest BCUT2D eigenvalue weighted by atomic mass is 16.1. The first kappa shape index (κ1) is 14.3. The number of hydrogen-bond acceptors (Lipinski definition) is 3. The summed E-state index contributed by atoms with van der Waals surface area (Å²) in [5.41, 5.74) is 8.68. The van der Waals surface area contributed by atoms with E-state index < -0.39 is 0 Å². The fraction of sp³-hybridized carbons (Fsp3) is 0.375. The zero-order chi connectivity index (χ0) is 14.5. The molecule has 2 aromatic rings. The maximum absolute atomic E-state index is 12.0. The van der Waals surface area contributed by atoms with E-state index in [0.717, 1.165) is 23.4 Å². The molecule has 1 unspecified atom stereocenters. The van der Waals surface area contributed by atoms with E-state index in [1.165, 1.54) is 0 Å². The number of carbonyl (C=O) groups excluding carboxylic acids is 1. The molecule has 0 fully saturated rings. The second-order valence-corrected chi connectivity index (χ2v) is 5.26. The van der Waals surface area contributed by atoms with Gasteiger partial charge in [0.15, 0.2) is 0 Å². The number of nitrogen functional groups attached to an aromatic ring is 1. The summed E-state index contributed by atoms with van der Waals surface area (Å²) in [6, 6.07) is 9.71. The lowest BCUT2D eigenvalue weighted by atomic mass is 9.94. The summed E-state index contributed by atoms with van der Waals surface area (Å²) in [5.74, 6) is 0.519. The van der Waals surface area contributed by atoms with Gasteiger partial charge in [-0.3, -0.25) is 9.48 Å². The van der Waals surface area contributed by atoms with Crippen LogP contribution in [0, 0.1) is 0 Å². The number of anilines is 1. The third-order valence-corrected chi connectivity index (χ3v) is 3.62. The average molecular weight is 271 g/mol. The van der Waals surface area contributed by atoms with Gasteiger partial charge in [-0.15, -0.1) is 0 Å². The minimum absolute atomic E-state index is 0.231. The Morgan fingerprint density at radius 1 is 1.30 bits per heavy atom. The normalized spacial score (nSPS) is 12.3. The molecule has 1 aromatic heterocycles. The van der Waals surface area contributed by atoms with Crippen LogP contribution in [0.5, 0.6) is 0 Å². The Bertz CT molecular complexity index is 572. The molecule has 2 rings (SSSR count). The van der Waals surface area contributed by atoms with Crippen molar-refractivity contribution in [3.8, 4) is 0 Å². The summed E-state index contributed by atoms with van der Waals surface area (Å²) >= 11 is 0. The van der Waals surface area contributed by atoms with Gasteiger partial charge in [0, 0.05) is 37.5 Å². The molecule has 0 aliphatic rings. The summed E-state index contributed by atoms with van der Waals surface area (Å²) in [6.07, 6.45) is 3.65. The number of Topliss-reactive ketones (excluding diaryl/α,β-unsaturated/α-hetero) is 1. The molecular weight excluding hydrogens is 250 g/mol. The third-order valence-electron chi connectivity index (χ3n) is 3.62. The van der Waals surface area contributed by atoms with Crippen LogP contribution in [0.4, 0.5) is 5.69 Å². The first-order valence-corrected chi connectivity index (χ1v) is 6.90. The number of ketones is 1. The van der Waals surface area contributed by atoms with E-state index in [1.54, 1.807) is 6.20 Å². The molecule has 0 saturated heterocycles. The van der Waals surface area contributed by atoms with Crippen LogP contribution in [-0.2, 0) is 18.3 Å². The van der Waals surface area contributed by atoms with Crippen molar-refractivity contribution in [3.63, 3.8) is 0 Å². The molecule has 0 saturated carbocycles. The van der Waals surface area contributed by atoms with E-state index in [0.29, 0.717) is 12.8 Å². The Kier molecular flexibility index (Phi) is 4.56. The lowest BCUT2D eigenvalue weighted by molar-refractivity contribution is -0.119. The molecular formula is C16H21N3O. The molecule has 0 bridgehead atoms. The topological polar surface area (TPSA) is 60.9 Å². The van der Waals surface area contributed by atoms with E-state index in [1.807, 2.05) is 42.1 Å². The number of hydrogen-bond donors (Lipinski definition) is 1. The van der Waals surface area contributed by atoms with Crippen molar-refractivity contribution in [3.05, 3.63) is 47.8 Å². The number of nitrogens with zero attached hydrogens (tertiary/aromatic N) is 2. The van der Waals surface area contributed by atoms with Crippen molar-refractivity contribution in [1.82, 2.24) is 9.78 Å². The van der Waals surface area contributed by atoms with Gasteiger partial charge in [0.25, 0.3) is 0 Å². The van der Waals surface area contributed by atoms with Gasteiger partial charge < -0.3 is 5.73 Å². The van der Waals surface area contributed by atoms with Crippen molar-refractivity contribution in [2.45, 2.75) is 32.1 Å². The largest absolute Gasteiger partial charge is 0.399 e. The third kappa shape index (κ3) is 3.70. The van der Waals surface area contributed by atoms with Gasteiger partial charge in [0.2, 0.25) is 0 Å². The maximum atomic E-state index is 12.0. The second kappa shape index (κ2) is 6.37. The molecule has 0 spiro atoms. The highest BCUT2D eigenvalue weighted by Gasteiger charge is 2.12. The molecule has 0 amide bonds. The van der Waals surface area contributed by atoms with Crippen molar-refractivity contribution in [1.29, 1.82) is 0 Å². The Balaban J connectivity index is 1.85. The van der Waals surface area contributed by atoms with Gasteiger partial charge in [0.05, 0.1) is 0 Å². The lowest BCUT2D eigenvalue weighted by Crippen LogP contribution is -2.07. The van der Waals surface area contributed by atoms with Gasteiger partial charge in [-0.05, 0) is 36.1 Å². The first-order valence-electron chi connectivity index (χ1n) is 6.90. The van der Waals surface area contributed by atoms with E-state index in [2.05, 4.69) is 12.0 Å². The molecule has 4 nitrogen and oxygen atoms in total. The summed E-state index contributed by atoms with van der Waals surface area (Å²) < 4.78 is 1.82.